The second-order valence-corrected chi connectivity index (χ2v) is 5.51. The van der Waals surface area contributed by atoms with Gasteiger partial charge in [0.2, 0.25) is 0 Å². The Balaban J connectivity index is 3.75. The van der Waals surface area contributed by atoms with Gasteiger partial charge < -0.3 is 10.1 Å². The van der Waals surface area contributed by atoms with Crippen molar-refractivity contribution >= 4 is 0 Å². The van der Waals surface area contributed by atoms with E-state index in [4.69, 9.17) is 4.74 Å². The van der Waals surface area contributed by atoms with E-state index in [1.807, 2.05) is 0 Å². The lowest BCUT2D eigenvalue weighted by Gasteiger charge is -2.28. The van der Waals surface area contributed by atoms with E-state index in [1.165, 1.54) is 6.42 Å². The second kappa shape index (κ2) is 9.86. The average molecular weight is 244 g/mol. The maximum Gasteiger partial charge on any atom is 0.0596 e. The normalized spacial score (nSPS) is 13.9. The summed E-state index contributed by atoms with van der Waals surface area (Å²) in [7, 11) is 2.19. The van der Waals surface area contributed by atoms with Crippen molar-refractivity contribution in [3.8, 4) is 0 Å². The minimum Gasteiger partial charge on any atom is -0.377 e. The summed E-state index contributed by atoms with van der Waals surface area (Å²) in [6.45, 7) is 14.9. The quantitative estimate of drug-likeness (QED) is 0.638. The van der Waals surface area contributed by atoms with Gasteiger partial charge in [-0.3, -0.25) is 4.90 Å². The molecular weight excluding hydrogens is 212 g/mol. The molecule has 0 aliphatic rings. The molecule has 0 aliphatic heterocycles. The summed E-state index contributed by atoms with van der Waals surface area (Å²) in [4.78, 5) is 2.40. The largest absolute Gasteiger partial charge is 0.377 e. The Bertz CT molecular complexity index is 172. The van der Waals surface area contributed by atoms with Gasteiger partial charge in [-0.2, -0.15) is 0 Å². The predicted octanol–water partition coefficient (Wildman–Crippen LogP) is 2.37. The average Bonchev–Trinajstić information content (AvgIpc) is 2.23. The first-order valence-corrected chi connectivity index (χ1v) is 6.99. The van der Waals surface area contributed by atoms with Crippen LogP contribution >= 0.6 is 0 Å². The van der Waals surface area contributed by atoms with Crippen molar-refractivity contribution in [2.45, 2.75) is 53.2 Å². The number of nitrogens with zero attached hydrogens (tertiary/aromatic N) is 1. The molecule has 0 saturated carbocycles. The van der Waals surface area contributed by atoms with Gasteiger partial charge in [-0.15, -0.1) is 0 Å². The minimum absolute atomic E-state index is 0.336. The number of hydrogen-bond acceptors (Lipinski definition) is 3. The molecule has 0 radical (unpaired) electrons. The van der Waals surface area contributed by atoms with E-state index in [0.29, 0.717) is 12.1 Å². The van der Waals surface area contributed by atoms with Crippen molar-refractivity contribution < 1.29 is 4.74 Å². The van der Waals surface area contributed by atoms with Gasteiger partial charge in [0.25, 0.3) is 0 Å². The summed E-state index contributed by atoms with van der Waals surface area (Å²) >= 11 is 0. The van der Waals surface area contributed by atoms with Crippen molar-refractivity contribution in [3.63, 3.8) is 0 Å². The molecule has 3 nitrogen and oxygen atoms in total. The molecule has 0 aromatic heterocycles. The van der Waals surface area contributed by atoms with Crippen LogP contribution < -0.4 is 5.32 Å². The first-order valence-electron chi connectivity index (χ1n) is 6.99. The SMILES string of the molecule is CCC(CNCC(C)C)N(C)CCOC(C)C. The van der Waals surface area contributed by atoms with Gasteiger partial charge in [-0.25, -0.2) is 0 Å². The number of ether oxygens (including phenoxy) is 1. The van der Waals surface area contributed by atoms with Crippen LogP contribution in [0.3, 0.4) is 0 Å². The summed E-state index contributed by atoms with van der Waals surface area (Å²) in [5.74, 6) is 0.724. The first kappa shape index (κ1) is 16.9. The van der Waals surface area contributed by atoms with Crippen molar-refractivity contribution in [2.24, 2.45) is 5.92 Å². The Morgan fingerprint density at radius 3 is 2.24 bits per heavy atom. The lowest BCUT2D eigenvalue weighted by molar-refractivity contribution is 0.0553. The molecule has 0 heterocycles. The van der Waals surface area contributed by atoms with E-state index in [1.54, 1.807) is 0 Å². The molecule has 17 heavy (non-hydrogen) atoms. The number of likely N-dealkylation sites (N-methyl/N-ethyl adjacent to an activating group) is 1. The summed E-state index contributed by atoms with van der Waals surface area (Å²) in [6, 6.07) is 0.615. The van der Waals surface area contributed by atoms with Crippen LogP contribution in [0.25, 0.3) is 0 Å². The van der Waals surface area contributed by atoms with E-state index >= 15 is 0 Å². The molecule has 0 aliphatic carbocycles. The van der Waals surface area contributed by atoms with Crippen LogP contribution in [0.1, 0.15) is 41.0 Å². The van der Waals surface area contributed by atoms with Gasteiger partial charge >= 0.3 is 0 Å². The van der Waals surface area contributed by atoms with Crippen LogP contribution in [0.15, 0.2) is 0 Å². The summed E-state index contributed by atoms with van der Waals surface area (Å²) in [6.07, 6.45) is 1.52. The molecule has 0 bridgehead atoms. The number of nitrogens with one attached hydrogen (secondary N) is 1. The molecule has 1 unspecified atom stereocenters. The van der Waals surface area contributed by atoms with Gasteiger partial charge in [0.1, 0.15) is 0 Å². The Hall–Kier alpha value is -0.120. The fraction of sp³-hybridized carbons (Fsp3) is 1.00. The predicted molar refractivity (Wildman–Crippen MR) is 75.5 cm³/mol. The Labute approximate surface area is 108 Å². The van der Waals surface area contributed by atoms with Gasteiger partial charge in [0.15, 0.2) is 0 Å². The lowest BCUT2D eigenvalue weighted by atomic mass is 10.1. The van der Waals surface area contributed by atoms with E-state index in [9.17, 15) is 0 Å². The van der Waals surface area contributed by atoms with Gasteiger partial charge in [-0.05, 0) is 39.8 Å². The maximum absolute atomic E-state index is 5.59. The third kappa shape index (κ3) is 9.57. The molecule has 1 atom stereocenters. The van der Waals surface area contributed by atoms with Crippen molar-refractivity contribution in [3.05, 3.63) is 0 Å². The molecular formula is C14H32N2O. The van der Waals surface area contributed by atoms with E-state index in [0.717, 1.165) is 32.2 Å². The van der Waals surface area contributed by atoms with Crippen LogP contribution in [0, 0.1) is 5.92 Å². The van der Waals surface area contributed by atoms with Crippen LogP contribution in [-0.4, -0.2) is 50.3 Å². The summed E-state index contributed by atoms with van der Waals surface area (Å²) in [5.41, 5.74) is 0. The van der Waals surface area contributed by atoms with Crippen LogP contribution in [0.5, 0.6) is 0 Å². The smallest absolute Gasteiger partial charge is 0.0596 e. The zero-order chi connectivity index (χ0) is 13.3. The minimum atomic E-state index is 0.336. The van der Waals surface area contributed by atoms with E-state index in [2.05, 4.69) is 51.9 Å². The summed E-state index contributed by atoms with van der Waals surface area (Å²) < 4.78 is 5.59. The fourth-order valence-electron chi connectivity index (χ4n) is 1.77. The Morgan fingerprint density at radius 2 is 1.76 bits per heavy atom. The molecule has 0 aromatic carbocycles. The Kier molecular flexibility index (Phi) is 9.79. The van der Waals surface area contributed by atoms with Gasteiger partial charge in [0, 0.05) is 19.1 Å². The zero-order valence-electron chi connectivity index (χ0n) is 12.6. The molecule has 0 spiro atoms. The Morgan fingerprint density at radius 1 is 1.12 bits per heavy atom. The highest BCUT2D eigenvalue weighted by molar-refractivity contribution is 4.70. The lowest BCUT2D eigenvalue weighted by Crippen LogP contribution is -2.42. The maximum atomic E-state index is 5.59. The molecule has 0 rings (SSSR count). The summed E-state index contributed by atoms with van der Waals surface area (Å²) in [5, 5.41) is 3.53. The van der Waals surface area contributed by atoms with Crippen LogP contribution in [-0.2, 0) is 4.74 Å². The number of hydrogen-bond donors (Lipinski definition) is 1. The highest BCUT2D eigenvalue weighted by Gasteiger charge is 2.12. The molecule has 0 amide bonds. The van der Waals surface area contributed by atoms with Gasteiger partial charge in [-0.1, -0.05) is 20.8 Å². The number of rotatable bonds is 10. The molecule has 0 saturated heterocycles. The molecule has 0 aromatic rings. The van der Waals surface area contributed by atoms with Gasteiger partial charge in [0.05, 0.1) is 12.7 Å². The molecule has 1 N–H and O–H groups in total. The van der Waals surface area contributed by atoms with E-state index < -0.39 is 0 Å². The first-order chi connectivity index (χ1) is 7.97. The van der Waals surface area contributed by atoms with E-state index in [-0.39, 0.29) is 0 Å². The highest BCUT2D eigenvalue weighted by Crippen LogP contribution is 2.01. The third-order valence-corrected chi connectivity index (χ3v) is 2.92. The third-order valence-electron chi connectivity index (χ3n) is 2.92. The van der Waals surface area contributed by atoms with Crippen molar-refractivity contribution in [1.29, 1.82) is 0 Å². The monoisotopic (exact) mass is 244 g/mol. The van der Waals surface area contributed by atoms with Crippen molar-refractivity contribution in [2.75, 3.05) is 33.3 Å². The van der Waals surface area contributed by atoms with Crippen molar-refractivity contribution in [1.82, 2.24) is 10.2 Å². The standard InChI is InChI=1S/C14H32N2O/c1-7-14(11-15-10-12(2)3)16(6)8-9-17-13(4)5/h12-15H,7-11H2,1-6H3. The molecule has 3 heteroatoms. The zero-order valence-corrected chi connectivity index (χ0v) is 12.6. The topological polar surface area (TPSA) is 24.5 Å². The molecule has 0 fully saturated rings. The van der Waals surface area contributed by atoms with Crippen LogP contribution in [0.4, 0.5) is 0 Å². The fourth-order valence-corrected chi connectivity index (χ4v) is 1.77. The van der Waals surface area contributed by atoms with Crippen LogP contribution in [0.2, 0.25) is 0 Å². The second-order valence-electron chi connectivity index (χ2n) is 5.51. The molecule has 104 valence electrons. The highest BCUT2D eigenvalue weighted by atomic mass is 16.5.